The fraction of sp³-hybridized carbons (Fsp3) is 0.522. The van der Waals surface area contributed by atoms with Crippen LogP contribution in [0.4, 0.5) is 0 Å². The van der Waals surface area contributed by atoms with E-state index < -0.39 is 23.8 Å². The van der Waals surface area contributed by atoms with Crippen molar-refractivity contribution in [3.8, 4) is 11.7 Å². The molecule has 1 aromatic rings. The van der Waals surface area contributed by atoms with Gasteiger partial charge in [0.25, 0.3) is 18.5 Å². The van der Waals surface area contributed by atoms with E-state index in [-0.39, 0.29) is 42.2 Å². The molecule has 3 aliphatic rings. The average Bonchev–Trinajstić information content (AvgIpc) is 3.03. The van der Waals surface area contributed by atoms with Crippen molar-refractivity contribution in [2.24, 2.45) is 5.41 Å². The number of imide groups is 1. The second kappa shape index (κ2) is 8.77. The number of carbonyl (C=O) groups is 4. The van der Waals surface area contributed by atoms with Gasteiger partial charge in [-0.05, 0) is 42.9 Å². The molecular formula is C23H26BN3O5. The number of carbonyl (C=O) groups excluding carboxylic acids is 4. The smallest absolute Gasteiger partial charge is 0.267 e. The fourth-order valence-corrected chi connectivity index (χ4v) is 5.31. The van der Waals surface area contributed by atoms with Gasteiger partial charge in [-0.3, -0.25) is 19.3 Å². The minimum Gasteiger partial charge on any atom is -0.490 e. The van der Waals surface area contributed by atoms with Gasteiger partial charge in [0.05, 0.1) is 17.2 Å². The van der Waals surface area contributed by atoms with Crippen LogP contribution in [0.1, 0.15) is 59.2 Å². The van der Waals surface area contributed by atoms with E-state index in [1.165, 1.54) is 7.05 Å². The number of fused-ring (bicyclic) bond motifs is 1. The Kier molecular flexibility index (Phi) is 6.05. The average molecular weight is 435 g/mol. The van der Waals surface area contributed by atoms with Gasteiger partial charge in [-0.2, -0.15) is 0 Å². The van der Waals surface area contributed by atoms with Crippen molar-refractivity contribution in [3.63, 3.8) is 0 Å². The standard InChI is InChI=1S/C23H26BN3O5/c1-26-20(29)19(3-2-10-28)27-21(30)17-5-4-15(11-18(17)22(27)31)32-16-12-23(13-16)6-8-24(14-25)9-7-23/h4-5,10-11,16,19H,2-3,6-9,12-13H2,1H3,(H,26,29). The van der Waals surface area contributed by atoms with Crippen LogP contribution < -0.4 is 10.1 Å². The number of benzene rings is 1. The van der Waals surface area contributed by atoms with Crippen LogP contribution in [0, 0.1) is 16.6 Å². The highest BCUT2D eigenvalue weighted by molar-refractivity contribution is 6.67. The first-order chi connectivity index (χ1) is 15.4. The van der Waals surface area contributed by atoms with Crippen LogP contribution in [0.25, 0.3) is 0 Å². The molecule has 32 heavy (non-hydrogen) atoms. The van der Waals surface area contributed by atoms with Gasteiger partial charge in [0.1, 0.15) is 18.1 Å². The summed E-state index contributed by atoms with van der Waals surface area (Å²) in [5.74, 6) is 1.33. The summed E-state index contributed by atoms with van der Waals surface area (Å²) < 4.78 is 6.10. The van der Waals surface area contributed by atoms with E-state index in [1.54, 1.807) is 18.2 Å². The maximum atomic E-state index is 13.0. The summed E-state index contributed by atoms with van der Waals surface area (Å²) in [5.41, 5.74) is 0.731. The van der Waals surface area contributed by atoms with Gasteiger partial charge in [0, 0.05) is 19.4 Å². The maximum absolute atomic E-state index is 13.0. The Labute approximate surface area is 187 Å². The number of nitrogens with one attached hydrogen (secondary N) is 1. The van der Waals surface area contributed by atoms with Crippen molar-refractivity contribution in [3.05, 3.63) is 29.3 Å². The highest BCUT2D eigenvalue weighted by atomic mass is 16.5. The molecule has 2 aliphatic heterocycles. The third kappa shape index (κ3) is 3.90. The van der Waals surface area contributed by atoms with Crippen molar-refractivity contribution in [1.82, 2.24) is 10.2 Å². The summed E-state index contributed by atoms with van der Waals surface area (Å²) in [6.45, 7) is 0.175. The lowest BCUT2D eigenvalue weighted by Gasteiger charge is -2.50. The molecule has 0 bridgehead atoms. The van der Waals surface area contributed by atoms with Gasteiger partial charge in [0.2, 0.25) is 5.91 Å². The molecule has 1 atom stereocenters. The molecular weight excluding hydrogens is 409 g/mol. The van der Waals surface area contributed by atoms with Crippen LogP contribution in [0.15, 0.2) is 18.2 Å². The van der Waals surface area contributed by atoms with Crippen LogP contribution in [-0.4, -0.2) is 54.8 Å². The number of aldehydes is 1. The number of nitriles is 1. The largest absolute Gasteiger partial charge is 0.490 e. The van der Waals surface area contributed by atoms with Crippen LogP contribution >= 0.6 is 0 Å². The fourth-order valence-electron chi connectivity index (χ4n) is 5.31. The predicted octanol–water partition coefficient (Wildman–Crippen LogP) is 2.26. The Balaban J connectivity index is 1.44. The van der Waals surface area contributed by atoms with Crippen LogP contribution in [0.2, 0.25) is 12.6 Å². The van der Waals surface area contributed by atoms with Gasteiger partial charge >= 0.3 is 0 Å². The van der Waals surface area contributed by atoms with Crippen molar-refractivity contribution in [1.29, 1.82) is 5.26 Å². The Morgan fingerprint density at radius 1 is 1.31 bits per heavy atom. The molecule has 1 unspecified atom stereocenters. The Morgan fingerprint density at radius 2 is 2.00 bits per heavy atom. The zero-order valence-corrected chi connectivity index (χ0v) is 18.1. The number of hydrogen-bond acceptors (Lipinski definition) is 6. The highest BCUT2D eigenvalue weighted by Gasteiger charge is 2.48. The van der Waals surface area contributed by atoms with E-state index in [9.17, 15) is 19.2 Å². The van der Waals surface area contributed by atoms with E-state index in [1.807, 2.05) is 0 Å². The van der Waals surface area contributed by atoms with Gasteiger partial charge < -0.3 is 14.8 Å². The molecule has 0 aromatic heterocycles. The number of rotatable bonds is 7. The molecule has 1 aliphatic carbocycles. The van der Waals surface area contributed by atoms with E-state index in [0.29, 0.717) is 12.0 Å². The highest BCUT2D eigenvalue weighted by Crippen LogP contribution is 2.53. The second-order valence-corrected chi connectivity index (χ2v) is 9.11. The topological polar surface area (TPSA) is 117 Å². The molecule has 0 radical (unpaired) electrons. The lowest BCUT2D eigenvalue weighted by molar-refractivity contribution is -0.124. The first-order valence-electron chi connectivity index (χ1n) is 11.1. The molecule has 4 rings (SSSR count). The molecule has 1 spiro atoms. The molecule has 1 N–H and O–H groups in total. The maximum Gasteiger partial charge on any atom is 0.267 e. The van der Waals surface area contributed by atoms with E-state index >= 15 is 0 Å². The molecule has 8 nitrogen and oxygen atoms in total. The minimum absolute atomic E-state index is 0.0567. The summed E-state index contributed by atoms with van der Waals surface area (Å²) in [5, 5.41) is 11.6. The van der Waals surface area contributed by atoms with Crippen molar-refractivity contribution in [2.75, 3.05) is 7.05 Å². The van der Waals surface area contributed by atoms with Crippen LogP contribution in [-0.2, 0) is 9.59 Å². The monoisotopic (exact) mass is 435 g/mol. The molecule has 1 aromatic carbocycles. The van der Waals surface area contributed by atoms with Crippen LogP contribution in [0.3, 0.4) is 0 Å². The summed E-state index contributed by atoms with van der Waals surface area (Å²) in [6.07, 6.45) is 6.75. The molecule has 166 valence electrons. The van der Waals surface area contributed by atoms with Gasteiger partial charge in [0.15, 0.2) is 0 Å². The quantitative estimate of drug-likeness (QED) is 0.399. The summed E-state index contributed by atoms with van der Waals surface area (Å²) in [7, 11) is 1.43. The number of likely N-dealkylation sites (N-methyl/N-ethyl adjacent to an activating group) is 1. The van der Waals surface area contributed by atoms with Gasteiger partial charge in [-0.15, -0.1) is 0 Å². The van der Waals surface area contributed by atoms with Crippen molar-refractivity contribution >= 4 is 30.7 Å². The lowest BCUT2D eigenvalue weighted by atomic mass is 9.37. The third-order valence-electron chi connectivity index (χ3n) is 7.16. The number of hydrogen-bond donors (Lipinski definition) is 1. The molecule has 2 fully saturated rings. The summed E-state index contributed by atoms with van der Waals surface area (Å²) in [6, 6.07) is 3.80. The predicted molar refractivity (Wildman–Crippen MR) is 116 cm³/mol. The van der Waals surface area contributed by atoms with E-state index in [0.717, 1.165) is 43.2 Å². The minimum atomic E-state index is -1.03. The number of ether oxygens (including phenoxy) is 1. The molecule has 1 saturated carbocycles. The van der Waals surface area contributed by atoms with Crippen LogP contribution in [0.5, 0.6) is 5.75 Å². The number of nitrogens with zero attached hydrogens (tertiary/aromatic N) is 2. The lowest BCUT2D eigenvalue weighted by Crippen LogP contribution is -2.48. The molecule has 1 saturated heterocycles. The van der Waals surface area contributed by atoms with E-state index in [4.69, 9.17) is 10.00 Å². The van der Waals surface area contributed by atoms with Gasteiger partial charge in [-0.1, -0.05) is 25.5 Å². The Morgan fingerprint density at radius 3 is 2.62 bits per heavy atom. The second-order valence-electron chi connectivity index (χ2n) is 9.11. The van der Waals surface area contributed by atoms with Crippen molar-refractivity contribution < 1.29 is 23.9 Å². The normalized spacial score (nSPS) is 20.4. The van der Waals surface area contributed by atoms with E-state index in [2.05, 4.69) is 11.3 Å². The summed E-state index contributed by atoms with van der Waals surface area (Å²) in [4.78, 5) is 49.9. The number of amides is 3. The zero-order chi connectivity index (χ0) is 22.9. The van der Waals surface area contributed by atoms with Crippen molar-refractivity contribution in [2.45, 2.75) is 63.3 Å². The SMILES string of the molecule is CNC(=O)C(CCC=O)N1C(=O)c2ccc(OC3CC4(CCB(C#N)CC4)C3)cc2C1=O. The molecule has 2 heterocycles. The Bertz CT molecular complexity index is 988. The third-order valence-corrected chi connectivity index (χ3v) is 7.16. The summed E-state index contributed by atoms with van der Waals surface area (Å²) >= 11 is 0. The van der Waals surface area contributed by atoms with Gasteiger partial charge in [-0.25, -0.2) is 5.26 Å². The first kappa shape index (κ1) is 22.1. The zero-order valence-electron chi connectivity index (χ0n) is 18.1. The molecule has 9 heteroatoms. The Hall–Kier alpha value is -3.15. The molecule has 3 amide bonds. The first-order valence-corrected chi connectivity index (χ1v) is 11.1.